The highest BCUT2D eigenvalue weighted by atomic mass is 16.5. The average Bonchev–Trinajstić information content (AvgIpc) is 2.89. The van der Waals surface area contributed by atoms with E-state index in [9.17, 15) is 5.11 Å². The highest BCUT2D eigenvalue weighted by Crippen LogP contribution is 2.55. The van der Waals surface area contributed by atoms with Crippen LogP contribution in [0.4, 0.5) is 0 Å². The number of aliphatic hydroxyl groups is 1. The van der Waals surface area contributed by atoms with Crippen LogP contribution in [0, 0.1) is 0 Å². The Morgan fingerprint density at radius 1 is 1.02 bits per heavy atom. The number of hydrogen-bond donors (Lipinski definition) is 1. The fourth-order valence-electron chi connectivity index (χ4n) is 7.55. The van der Waals surface area contributed by atoms with Gasteiger partial charge in [0.2, 0.25) is 5.70 Å². The van der Waals surface area contributed by atoms with Gasteiger partial charge in [0, 0.05) is 32.8 Å². The van der Waals surface area contributed by atoms with Crippen molar-refractivity contribution in [2.75, 3.05) is 13.7 Å². The molecule has 0 saturated heterocycles. The molecule has 1 heterocycles. The predicted molar refractivity (Wildman–Crippen MR) is 169 cm³/mol. The number of rotatable bonds is 5. The van der Waals surface area contributed by atoms with Crippen LogP contribution in [0.2, 0.25) is 0 Å². The van der Waals surface area contributed by atoms with Crippen LogP contribution in [0.1, 0.15) is 103 Å². The van der Waals surface area contributed by atoms with E-state index in [1.54, 1.807) is 7.11 Å². The van der Waals surface area contributed by atoms with E-state index < -0.39 is 0 Å². The summed E-state index contributed by atoms with van der Waals surface area (Å²) in [6.07, 6.45) is 3.75. The lowest BCUT2D eigenvalue weighted by Crippen LogP contribution is -2.60. The van der Waals surface area contributed by atoms with E-state index >= 15 is 0 Å². The van der Waals surface area contributed by atoms with Gasteiger partial charge in [-0.2, -0.15) is 4.58 Å². The zero-order chi connectivity index (χ0) is 29.4. The number of ether oxygens (including phenoxy) is 1. The second-order valence-electron chi connectivity index (χ2n) is 14.3. The van der Waals surface area contributed by atoms with Gasteiger partial charge < -0.3 is 9.84 Å². The molecule has 212 valence electrons. The van der Waals surface area contributed by atoms with E-state index in [0.717, 1.165) is 18.1 Å². The van der Waals surface area contributed by atoms with Gasteiger partial charge in [-0.15, -0.1) is 0 Å². The van der Waals surface area contributed by atoms with Crippen molar-refractivity contribution in [3.63, 3.8) is 0 Å². The second kappa shape index (κ2) is 9.39. The Balaban J connectivity index is 2.01. The molecule has 3 heteroatoms. The van der Waals surface area contributed by atoms with E-state index in [4.69, 9.17) is 11.3 Å². The molecule has 0 spiro atoms. The molecule has 0 bridgehead atoms. The summed E-state index contributed by atoms with van der Waals surface area (Å²) in [6.45, 7) is 25.8. The van der Waals surface area contributed by atoms with Crippen molar-refractivity contribution in [2.24, 2.45) is 0 Å². The maximum Gasteiger partial charge on any atom is 0.221 e. The third kappa shape index (κ3) is 3.88. The molecule has 0 radical (unpaired) electrons. The fourth-order valence-corrected chi connectivity index (χ4v) is 7.55. The van der Waals surface area contributed by atoms with Crippen LogP contribution in [0.15, 0.2) is 42.5 Å². The molecule has 0 amide bonds. The van der Waals surface area contributed by atoms with E-state index in [-0.39, 0.29) is 34.5 Å². The summed E-state index contributed by atoms with van der Waals surface area (Å²) in [7, 11) is 1.70. The molecule has 2 atom stereocenters. The molecule has 1 aliphatic carbocycles. The number of hydrogen-bond acceptors (Lipinski definition) is 2. The highest BCUT2D eigenvalue weighted by Gasteiger charge is 2.59. The van der Waals surface area contributed by atoms with Crippen molar-refractivity contribution in [1.29, 1.82) is 0 Å². The van der Waals surface area contributed by atoms with Crippen LogP contribution >= 0.6 is 0 Å². The van der Waals surface area contributed by atoms with Crippen LogP contribution < -0.4 is 10.4 Å². The first-order chi connectivity index (χ1) is 18.6. The minimum atomic E-state index is -0.260. The first-order valence-corrected chi connectivity index (χ1v) is 14.8. The maximum absolute atomic E-state index is 9.97. The number of benzene rings is 3. The summed E-state index contributed by atoms with van der Waals surface area (Å²) >= 11 is 0. The van der Waals surface area contributed by atoms with Gasteiger partial charge in [0.15, 0.2) is 5.54 Å². The predicted octanol–water partition coefficient (Wildman–Crippen LogP) is 6.28. The molecule has 0 fully saturated rings. The lowest BCUT2D eigenvalue weighted by molar-refractivity contribution is -0.540. The maximum atomic E-state index is 9.97. The summed E-state index contributed by atoms with van der Waals surface area (Å²) in [5, 5.41) is 15.0. The quantitative estimate of drug-likeness (QED) is 0.388. The molecule has 5 rings (SSSR count). The minimum Gasteiger partial charge on any atom is -0.394 e. The zero-order valence-corrected chi connectivity index (χ0v) is 26.3. The lowest BCUT2D eigenvalue weighted by Gasteiger charge is -2.49. The van der Waals surface area contributed by atoms with Gasteiger partial charge in [0.1, 0.15) is 6.21 Å². The first kappa shape index (κ1) is 28.8. The molecule has 2 unspecified atom stereocenters. The van der Waals surface area contributed by atoms with E-state index in [1.165, 1.54) is 49.5 Å². The molecular weight excluding hydrogens is 490 g/mol. The number of nitrogens with zero attached hydrogens (tertiary/aromatic N) is 1. The molecule has 2 aliphatic rings. The molecule has 40 heavy (non-hydrogen) atoms. The van der Waals surface area contributed by atoms with Gasteiger partial charge >= 0.3 is 0 Å². The Morgan fingerprint density at radius 2 is 1.70 bits per heavy atom. The highest BCUT2D eigenvalue weighted by molar-refractivity contribution is 5.95. The molecule has 0 aromatic heterocycles. The summed E-state index contributed by atoms with van der Waals surface area (Å²) in [5.41, 5.74) is 7.50. The minimum absolute atomic E-state index is 0.0194. The molecule has 3 nitrogen and oxygen atoms in total. The van der Waals surface area contributed by atoms with Gasteiger partial charge in [0.05, 0.1) is 28.9 Å². The van der Waals surface area contributed by atoms with Crippen molar-refractivity contribution >= 4 is 29.3 Å². The molecule has 1 aliphatic heterocycles. The fraction of sp³-hybridized carbons (Fsp3) is 0.486. The van der Waals surface area contributed by atoms with Crippen LogP contribution in [-0.4, -0.2) is 41.3 Å². The Labute approximate surface area is 240 Å². The molecule has 1 N–H and O–H groups in total. The van der Waals surface area contributed by atoms with Crippen molar-refractivity contribution in [3.8, 4) is 0 Å². The van der Waals surface area contributed by atoms with Crippen molar-refractivity contribution < 1.29 is 14.4 Å². The second-order valence-corrected chi connectivity index (χ2v) is 14.3. The Morgan fingerprint density at radius 3 is 2.30 bits per heavy atom. The standard InChI is InChI=1S/C37H48NO2/c1-12-38-33-30-23(2)19-25(34(3,4)5)21-28(30)35(6,7)32-27-16-14-13-15-24(27)20-29(31(32)33)36(8,9)37(38,10)18-17-26(22-39)40-11/h12-16,19-21,26,39H,2,17-18,22H2,1,3-11H3/q+1. The Hall–Kier alpha value is -2.75. The monoisotopic (exact) mass is 538 g/mol. The Bertz CT molecular complexity index is 1650. The van der Waals surface area contributed by atoms with E-state index in [1.807, 2.05) is 0 Å². The average molecular weight is 539 g/mol. The summed E-state index contributed by atoms with van der Waals surface area (Å²) < 4.78 is 8.19. The van der Waals surface area contributed by atoms with E-state index in [2.05, 4.69) is 116 Å². The molecular formula is C37H48NO2+. The third-order valence-corrected chi connectivity index (χ3v) is 10.4. The topological polar surface area (TPSA) is 32.5 Å². The van der Waals surface area contributed by atoms with Gasteiger partial charge in [-0.05, 0) is 70.0 Å². The van der Waals surface area contributed by atoms with Gasteiger partial charge in [0.25, 0.3) is 0 Å². The summed E-state index contributed by atoms with van der Waals surface area (Å²) in [5.74, 6) is 0. The Kier molecular flexibility index (Phi) is 6.75. The number of methoxy groups -OCH3 is 1. The number of aliphatic hydroxyl groups excluding tert-OH is 1. The van der Waals surface area contributed by atoms with Crippen LogP contribution in [0.3, 0.4) is 0 Å². The van der Waals surface area contributed by atoms with Crippen LogP contribution in [0.25, 0.3) is 23.0 Å². The molecule has 3 aromatic carbocycles. The number of fused-ring (bicyclic) bond motifs is 3. The normalized spacial score (nSPS) is 22.8. The molecule has 0 saturated carbocycles. The lowest BCUT2D eigenvalue weighted by atomic mass is 9.57. The van der Waals surface area contributed by atoms with Crippen molar-refractivity contribution in [3.05, 3.63) is 80.7 Å². The van der Waals surface area contributed by atoms with Gasteiger partial charge in [-0.3, -0.25) is 0 Å². The molecule has 3 aromatic rings. The van der Waals surface area contributed by atoms with Crippen LogP contribution in [0.5, 0.6) is 0 Å². The first-order valence-electron chi connectivity index (χ1n) is 14.8. The summed E-state index contributed by atoms with van der Waals surface area (Å²) in [4.78, 5) is 0. The van der Waals surface area contributed by atoms with Crippen molar-refractivity contribution in [2.45, 2.75) is 103 Å². The van der Waals surface area contributed by atoms with Crippen LogP contribution in [-0.2, 0) is 21.0 Å². The SMILES string of the molecule is C=c1cc(C(C)(C)C)cc2c1=C1c3c(cc4ccccc4c3C2(C)C)C(C)(C)C(C)(CCC(CO)OC)[N+]1=CC. The largest absolute Gasteiger partial charge is 0.394 e. The van der Waals surface area contributed by atoms with E-state index in [0.29, 0.717) is 0 Å². The smallest absolute Gasteiger partial charge is 0.221 e. The summed E-state index contributed by atoms with van der Waals surface area (Å²) in [6, 6.07) is 16.1. The van der Waals surface area contributed by atoms with Gasteiger partial charge in [-0.25, -0.2) is 0 Å². The zero-order valence-electron chi connectivity index (χ0n) is 26.3. The third-order valence-electron chi connectivity index (χ3n) is 10.4. The van der Waals surface area contributed by atoms with Crippen molar-refractivity contribution in [1.82, 2.24) is 0 Å². The van der Waals surface area contributed by atoms with Gasteiger partial charge in [-0.1, -0.05) is 77.6 Å².